The summed E-state index contributed by atoms with van der Waals surface area (Å²) in [6.07, 6.45) is 1.62. The summed E-state index contributed by atoms with van der Waals surface area (Å²) >= 11 is 0. The van der Waals surface area contributed by atoms with Gasteiger partial charge in [0, 0.05) is 6.20 Å². The molecule has 1 heterocycles. The zero-order valence-corrected chi connectivity index (χ0v) is 28.4. The number of nitrogens with one attached hydrogen (secondary N) is 1. The molecule has 0 bridgehead atoms. The van der Waals surface area contributed by atoms with E-state index in [2.05, 4.69) is 62.5 Å². The number of amides is 1. The van der Waals surface area contributed by atoms with Crippen LogP contribution in [0.1, 0.15) is 70.0 Å². The number of aromatic nitrogens is 2. The van der Waals surface area contributed by atoms with E-state index in [4.69, 9.17) is 14.1 Å². The van der Waals surface area contributed by atoms with Crippen LogP contribution in [0.3, 0.4) is 0 Å². The highest BCUT2D eigenvalue weighted by Gasteiger charge is 2.45. The molecule has 0 aliphatic heterocycles. The number of hydrogen-bond donors (Lipinski definition) is 2. The number of hydrogen-bond acceptors (Lipinski definition) is 5. The van der Waals surface area contributed by atoms with E-state index < -0.39 is 43.7 Å². The van der Waals surface area contributed by atoms with Crippen LogP contribution in [0, 0.1) is 0 Å². The summed E-state index contributed by atoms with van der Waals surface area (Å²) in [5.74, 6) is -1.25. The number of nitrogens with zero attached hydrogens (tertiary/aromatic N) is 2. The zero-order valence-electron chi connectivity index (χ0n) is 27.4. The fraction of sp³-hybridized carbons (Fsp3) is 0.361. The molecule has 0 unspecified atom stereocenters. The number of carbonyl (C=O) groups excluding carboxylic acids is 1. The molecule has 0 saturated heterocycles. The minimum absolute atomic E-state index is 0.245. The van der Waals surface area contributed by atoms with Gasteiger partial charge in [0.1, 0.15) is 17.2 Å². The van der Waals surface area contributed by atoms with Gasteiger partial charge in [-0.05, 0) is 55.6 Å². The Labute approximate surface area is 267 Å². The lowest BCUT2D eigenvalue weighted by molar-refractivity contribution is -0.142. The lowest BCUT2D eigenvalue weighted by atomic mass is 9.77. The summed E-state index contributed by atoms with van der Waals surface area (Å²) < 4.78 is 14.3. The number of imidazole rings is 1. The lowest BCUT2D eigenvalue weighted by Gasteiger charge is -2.40. The van der Waals surface area contributed by atoms with E-state index in [1.54, 1.807) is 27.1 Å². The number of alkyl carbamates (subject to hydrolysis) is 1. The van der Waals surface area contributed by atoms with Gasteiger partial charge in [-0.25, -0.2) is 14.6 Å². The van der Waals surface area contributed by atoms with Crippen LogP contribution in [0.15, 0.2) is 104 Å². The SMILES string of the molecule is CC(C)(C)OC(=O)N[C@H](C(=O)O)[C@@H](O[Si](C)(C)C(C)(C)C)c1cn(C(c2ccccc2)(c2ccccc2)c2ccccc2)cn1. The van der Waals surface area contributed by atoms with Crippen molar-refractivity contribution in [2.24, 2.45) is 0 Å². The Kier molecular flexibility index (Phi) is 9.75. The molecule has 45 heavy (non-hydrogen) atoms. The normalized spacial score (nSPS) is 14.0. The molecule has 4 rings (SSSR count). The molecule has 0 aliphatic rings. The second-order valence-corrected chi connectivity index (χ2v) is 18.5. The van der Waals surface area contributed by atoms with Gasteiger partial charge in [-0.2, -0.15) is 0 Å². The molecule has 3 aromatic carbocycles. The third kappa shape index (κ3) is 7.37. The maximum Gasteiger partial charge on any atom is 0.408 e. The van der Waals surface area contributed by atoms with Crippen LogP contribution in [0.2, 0.25) is 18.1 Å². The largest absolute Gasteiger partial charge is 0.480 e. The molecule has 8 nitrogen and oxygen atoms in total. The van der Waals surface area contributed by atoms with Crippen LogP contribution in [-0.2, 0) is 19.5 Å². The van der Waals surface area contributed by atoms with Crippen molar-refractivity contribution in [2.75, 3.05) is 0 Å². The van der Waals surface area contributed by atoms with Crippen LogP contribution in [0.4, 0.5) is 4.79 Å². The Bertz CT molecular complexity index is 1480. The van der Waals surface area contributed by atoms with E-state index in [-0.39, 0.29) is 5.04 Å². The standard InChI is InChI=1S/C36H45N3O5Si/c1-34(2,3)43-33(42)38-30(32(40)41)31(44-45(7,8)35(4,5)6)29-24-39(25-37-29)36(26-18-12-9-13-19-26,27-20-14-10-15-21-27)28-22-16-11-17-23-28/h9-25,30-31H,1-8H3,(H,38,42)(H,40,41)/t30-,31-/m0/s1. The second-order valence-electron chi connectivity index (χ2n) is 13.8. The Morgan fingerprint density at radius 2 is 1.24 bits per heavy atom. The first-order chi connectivity index (χ1) is 21.1. The molecule has 238 valence electrons. The van der Waals surface area contributed by atoms with Gasteiger partial charge >= 0.3 is 12.1 Å². The van der Waals surface area contributed by atoms with Gasteiger partial charge in [0.25, 0.3) is 0 Å². The van der Waals surface area contributed by atoms with E-state index in [9.17, 15) is 14.7 Å². The Morgan fingerprint density at radius 1 is 0.800 bits per heavy atom. The van der Waals surface area contributed by atoms with E-state index >= 15 is 0 Å². The average Bonchev–Trinajstić information content (AvgIpc) is 3.46. The molecule has 0 radical (unpaired) electrons. The first-order valence-corrected chi connectivity index (χ1v) is 18.1. The predicted octanol–water partition coefficient (Wildman–Crippen LogP) is 7.76. The van der Waals surface area contributed by atoms with Gasteiger partial charge in [0.15, 0.2) is 14.4 Å². The number of rotatable bonds is 10. The van der Waals surface area contributed by atoms with Gasteiger partial charge in [0.05, 0.1) is 12.0 Å². The highest BCUT2D eigenvalue weighted by molar-refractivity contribution is 6.74. The van der Waals surface area contributed by atoms with Gasteiger partial charge in [0.2, 0.25) is 0 Å². The summed E-state index contributed by atoms with van der Waals surface area (Å²) in [4.78, 5) is 30.6. The number of carboxylic acid groups (broad SMARTS) is 1. The topological polar surface area (TPSA) is 103 Å². The molecule has 1 aromatic heterocycles. The monoisotopic (exact) mass is 627 g/mol. The number of carboxylic acids is 1. The summed E-state index contributed by atoms with van der Waals surface area (Å²) in [7, 11) is -2.59. The summed E-state index contributed by atoms with van der Waals surface area (Å²) in [5, 5.41) is 12.8. The van der Waals surface area contributed by atoms with Crippen molar-refractivity contribution < 1.29 is 23.9 Å². The molecule has 0 spiro atoms. The van der Waals surface area contributed by atoms with Crippen LogP contribution in [0.5, 0.6) is 0 Å². The first-order valence-electron chi connectivity index (χ1n) is 15.2. The zero-order chi connectivity index (χ0) is 33.0. The van der Waals surface area contributed by atoms with Crippen molar-refractivity contribution in [1.29, 1.82) is 0 Å². The molecule has 9 heteroatoms. The Balaban J connectivity index is 1.95. The quantitative estimate of drug-likeness (QED) is 0.138. The highest BCUT2D eigenvalue weighted by atomic mass is 28.4. The molecule has 4 aromatic rings. The van der Waals surface area contributed by atoms with Crippen molar-refractivity contribution >= 4 is 20.4 Å². The smallest absolute Gasteiger partial charge is 0.408 e. The average molecular weight is 628 g/mol. The van der Waals surface area contributed by atoms with E-state index in [1.165, 1.54) is 0 Å². The van der Waals surface area contributed by atoms with Crippen molar-refractivity contribution in [1.82, 2.24) is 14.9 Å². The summed E-state index contributed by atoms with van der Waals surface area (Å²) in [5.41, 5.74) is 1.70. The molecule has 1 amide bonds. The van der Waals surface area contributed by atoms with Gasteiger partial charge in [-0.1, -0.05) is 112 Å². The molecule has 2 atom stereocenters. The van der Waals surface area contributed by atoms with Gasteiger partial charge < -0.3 is 24.2 Å². The minimum atomic E-state index is -2.59. The van der Waals surface area contributed by atoms with E-state index in [0.29, 0.717) is 5.69 Å². The van der Waals surface area contributed by atoms with Gasteiger partial charge in [-0.15, -0.1) is 0 Å². The molecule has 2 N–H and O–H groups in total. The Hall–Kier alpha value is -4.21. The molecule has 0 saturated carbocycles. The van der Waals surface area contributed by atoms with E-state index in [0.717, 1.165) is 16.7 Å². The number of ether oxygens (including phenoxy) is 1. The maximum atomic E-state index is 12.9. The third-order valence-electron chi connectivity index (χ3n) is 8.32. The van der Waals surface area contributed by atoms with Crippen LogP contribution >= 0.6 is 0 Å². The number of benzene rings is 3. The van der Waals surface area contributed by atoms with E-state index in [1.807, 2.05) is 78.5 Å². The third-order valence-corrected chi connectivity index (χ3v) is 12.8. The van der Waals surface area contributed by atoms with Crippen LogP contribution < -0.4 is 5.32 Å². The van der Waals surface area contributed by atoms with Crippen molar-refractivity contribution in [3.05, 3.63) is 126 Å². The van der Waals surface area contributed by atoms with Crippen LogP contribution in [-0.4, -0.2) is 46.7 Å². The Morgan fingerprint density at radius 3 is 1.62 bits per heavy atom. The summed E-state index contributed by atoms with van der Waals surface area (Å²) in [6.45, 7) is 15.5. The highest BCUT2D eigenvalue weighted by Crippen LogP contribution is 2.43. The number of aliphatic carboxylic acids is 1. The van der Waals surface area contributed by atoms with Crippen molar-refractivity contribution in [3.8, 4) is 0 Å². The van der Waals surface area contributed by atoms with Crippen LogP contribution in [0.25, 0.3) is 0 Å². The van der Waals surface area contributed by atoms with Crippen molar-refractivity contribution in [3.63, 3.8) is 0 Å². The molecule has 0 aliphatic carbocycles. The molecular formula is C36H45N3O5Si. The molecular weight excluding hydrogens is 582 g/mol. The fourth-order valence-corrected chi connectivity index (χ4v) is 6.39. The van der Waals surface area contributed by atoms with Gasteiger partial charge in [-0.3, -0.25) is 0 Å². The lowest BCUT2D eigenvalue weighted by Crippen LogP contribution is -2.51. The summed E-state index contributed by atoms with van der Waals surface area (Å²) in [6, 6.07) is 28.9. The maximum absolute atomic E-state index is 12.9. The molecule has 0 fully saturated rings. The number of carbonyl (C=O) groups is 2. The minimum Gasteiger partial charge on any atom is -0.480 e. The predicted molar refractivity (Wildman–Crippen MR) is 179 cm³/mol. The van der Waals surface area contributed by atoms with Crippen molar-refractivity contribution in [2.45, 2.75) is 83.0 Å². The second kappa shape index (κ2) is 13.0. The fourth-order valence-electron chi connectivity index (χ4n) is 5.15. The first kappa shape index (κ1) is 33.7.